The van der Waals surface area contributed by atoms with Gasteiger partial charge in [0.2, 0.25) is 10.0 Å². The molecule has 1 amide bonds. The van der Waals surface area contributed by atoms with Crippen LogP contribution in [0.5, 0.6) is 0 Å². The fraction of sp³-hybridized carbons (Fsp3) is 0.700. The van der Waals surface area contributed by atoms with Crippen LogP contribution in [0.25, 0.3) is 0 Å². The minimum Gasteiger partial charge on any atom is -0.317 e. The smallest absolute Gasteiger partial charge is 0.254 e. The van der Waals surface area contributed by atoms with Crippen molar-refractivity contribution in [2.45, 2.75) is 37.0 Å². The normalized spacial score (nSPS) is 34.0. The molecule has 2 aliphatic carbocycles. The lowest BCUT2D eigenvalue weighted by molar-refractivity contribution is -0.121. The maximum Gasteiger partial charge on any atom is 0.254 e. The first-order valence-corrected chi connectivity index (χ1v) is 6.92. The predicted octanol–water partition coefficient (Wildman–Crippen LogP) is -0.112. The van der Waals surface area contributed by atoms with Crippen molar-refractivity contribution in [2.24, 2.45) is 11.7 Å². The van der Waals surface area contributed by atoms with Gasteiger partial charge in [-0.3, -0.25) is 9.52 Å². The Morgan fingerprint density at radius 2 is 2.12 bits per heavy atom. The molecule has 0 aromatic heterocycles. The molecule has 0 spiro atoms. The summed E-state index contributed by atoms with van der Waals surface area (Å²) >= 11 is 0. The molecule has 0 aromatic rings. The number of rotatable bonds is 4. The van der Waals surface area contributed by atoms with Crippen LogP contribution in [0.15, 0.2) is 12.2 Å². The third-order valence-corrected chi connectivity index (χ3v) is 4.92. The van der Waals surface area contributed by atoms with Crippen molar-refractivity contribution in [2.75, 3.05) is 0 Å². The third-order valence-electron chi connectivity index (χ3n) is 3.10. The van der Waals surface area contributed by atoms with Gasteiger partial charge in [-0.2, -0.15) is 0 Å². The monoisotopic (exact) mass is 244 g/mol. The summed E-state index contributed by atoms with van der Waals surface area (Å²) in [5, 5.41) is -0.390. The number of amides is 1. The van der Waals surface area contributed by atoms with Crippen molar-refractivity contribution in [1.29, 1.82) is 0 Å². The quantitative estimate of drug-likeness (QED) is 0.675. The van der Waals surface area contributed by atoms with E-state index >= 15 is 0 Å². The van der Waals surface area contributed by atoms with E-state index in [0.29, 0.717) is 19.3 Å². The first kappa shape index (κ1) is 11.6. The summed E-state index contributed by atoms with van der Waals surface area (Å²) in [4.78, 5) is 11.7. The second kappa shape index (κ2) is 3.56. The molecule has 16 heavy (non-hydrogen) atoms. The van der Waals surface area contributed by atoms with Crippen LogP contribution in [0, 0.1) is 5.92 Å². The van der Waals surface area contributed by atoms with Crippen molar-refractivity contribution < 1.29 is 13.2 Å². The fourth-order valence-corrected chi connectivity index (χ4v) is 3.10. The molecular weight excluding hydrogens is 228 g/mol. The average molecular weight is 244 g/mol. The molecule has 90 valence electrons. The number of allylic oxidation sites excluding steroid dienone is 1. The van der Waals surface area contributed by atoms with Crippen LogP contribution in [-0.2, 0) is 14.8 Å². The molecule has 0 aliphatic heterocycles. The van der Waals surface area contributed by atoms with E-state index < -0.39 is 21.5 Å². The van der Waals surface area contributed by atoms with Crippen molar-refractivity contribution in [1.82, 2.24) is 4.72 Å². The van der Waals surface area contributed by atoms with Crippen LogP contribution in [-0.4, -0.2) is 25.1 Å². The molecule has 0 aromatic carbocycles. The van der Waals surface area contributed by atoms with Crippen LogP contribution in [0.2, 0.25) is 0 Å². The summed E-state index contributed by atoms with van der Waals surface area (Å²) in [6.07, 6.45) is 5.45. The number of sulfonamides is 1. The molecule has 2 rings (SSSR count). The zero-order chi connectivity index (χ0) is 12.0. The summed E-state index contributed by atoms with van der Waals surface area (Å²) in [6, 6.07) is 0. The topological polar surface area (TPSA) is 89.3 Å². The highest BCUT2D eigenvalue weighted by Crippen LogP contribution is 2.42. The van der Waals surface area contributed by atoms with Crippen LogP contribution >= 0.6 is 0 Å². The van der Waals surface area contributed by atoms with Gasteiger partial charge in [-0.25, -0.2) is 8.42 Å². The highest BCUT2D eigenvalue weighted by molar-refractivity contribution is 7.90. The van der Waals surface area contributed by atoms with Gasteiger partial charge in [-0.15, -0.1) is 0 Å². The van der Waals surface area contributed by atoms with E-state index in [2.05, 4.69) is 4.72 Å². The van der Waals surface area contributed by atoms with E-state index in [-0.39, 0.29) is 11.2 Å². The Labute approximate surface area is 95.1 Å². The summed E-state index contributed by atoms with van der Waals surface area (Å²) < 4.78 is 25.2. The molecule has 2 unspecified atom stereocenters. The summed E-state index contributed by atoms with van der Waals surface area (Å²) in [5.41, 5.74) is 4.80. The van der Waals surface area contributed by atoms with Gasteiger partial charge in [0.05, 0.1) is 5.25 Å². The second-order valence-electron chi connectivity index (χ2n) is 4.55. The maximum absolute atomic E-state index is 11.7. The molecule has 5 nitrogen and oxygen atoms in total. The summed E-state index contributed by atoms with van der Waals surface area (Å²) in [7, 11) is -3.47. The third kappa shape index (κ3) is 1.99. The molecule has 6 heteroatoms. The highest BCUT2D eigenvalue weighted by atomic mass is 32.2. The van der Waals surface area contributed by atoms with E-state index in [1.54, 1.807) is 0 Å². The zero-order valence-corrected chi connectivity index (χ0v) is 9.96. The van der Waals surface area contributed by atoms with Crippen molar-refractivity contribution in [3.8, 4) is 0 Å². The Bertz CT molecular complexity index is 439. The Balaban J connectivity index is 1.99. The molecule has 2 fully saturated rings. The van der Waals surface area contributed by atoms with E-state index in [9.17, 15) is 13.2 Å². The highest BCUT2D eigenvalue weighted by Gasteiger charge is 2.57. The minimum atomic E-state index is -3.47. The number of nitrogens with one attached hydrogen (secondary N) is 1. The lowest BCUT2D eigenvalue weighted by Crippen LogP contribution is -2.47. The molecule has 3 N–H and O–H groups in total. The van der Waals surface area contributed by atoms with Gasteiger partial charge < -0.3 is 5.73 Å². The molecule has 0 radical (unpaired) electrons. The molecule has 0 bridgehead atoms. The number of carbonyl (C=O) groups excluding carboxylic acids is 1. The number of carbonyl (C=O) groups is 1. The predicted molar refractivity (Wildman–Crippen MR) is 59.9 cm³/mol. The van der Waals surface area contributed by atoms with E-state index in [1.807, 2.05) is 19.1 Å². The van der Waals surface area contributed by atoms with E-state index in [1.165, 1.54) is 0 Å². The van der Waals surface area contributed by atoms with Crippen LogP contribution in [0.4, 0.5) is 0 Å². The number of hydrogen-bond acceptors (Lipinski definition) is 4. The molecule has 0 saturated heterocycles. The molecule has 2 saturated carbocycles. The number of nitrogens with two attached hydrogens (primary N) is 1. The van der Waals surface area contributed by atoms with Crippen LogP contribution in [0.3, 0.4) is 0 Å². The maximum atomic E-state index is 11.7. The van der Waals surface area contributed by atoms with Gasteiger partial charge in [0.1, 0.15) is 5.54 Å². The van der Waals surface area contributed by atoms with Gasteiger partial charge in [-0.1, -0.05) is 12.2 Å². The Morgan fingerprint density at radius 1 is 1.50 bits per heavy atom. The average Bonchev–Trinajstić information content (AvgIpc) is 3.01. The first-order chi connectivity index (χ1) is 7.40. The van der Waals surface area contributed by atoms with Gasteiger partial charge in [0, 0.05) is 5.92 Å². The largest absolute Gasteiger partial charge is 0.317 e. The molecular formula is C10H16N2O3S. The van der Waals surface area contributed by atoms with Crippen molar-refractivity contribution >= 4 is 15.9 Å². The van der Waals surface area contributed by atoms with Gasteiger partial charge in [0.25, 0.3) is 5.91 Å². The first-order valence-electron chi connectivity index (χ1n) is 5.38. The number of hydrogen-bond donors (Lipinski definition) is 2. The molecule has 0 heterocycles. The Kier molecular flexibility index (Phi) is 2.58. The van der Waals surface area contributed by atoms with Crippen molar-refractivity contribution in [3.05, 3.63) is 12.2 Å². The Hall–Kier alpha value is -0.880. The van der Waals surface area contributed by atoms with Crippen LogP contribution in [0.1, 0.15) is 26.2 Å². The Morgan fingerprint density at radius 3 is 2.62 bits per heavy atom. The fourth-order valence-electron chi connectivity index (χ4n) is 1.72. The van der Waals surface area contributed by atoms with Gasteiger partial charge in [0.15, 0.2) is 0 Å². The molecule has 2 aliphatic rings. The van der Waals surface area contributed by atoms with Crippen LogP contribution < -0.4 is 10.5 Å². The zero-order valence-electron chi connectivity index (χ0n) is 9.14. The van der Waals surface area contributed by atoms with E-state index in [4.69, 9.17) is 5.73 Å². The van der Waals surface area contributed by atoms with Gasteiger partial charge in [-0.05, 0) is 26.2 Å². The van der Waals surface area contributed by atoms with Gasteiger partial charge >= 0.3 is 0 Å². The summed E-state index contributed by atoms with van der Waals surface area (Å²) in [6.45, 7) is 1.84. The second-order valence-corrected chi connectivity index (χ2v) is 6.51. The standard InChI is InChI=1S/C10H16N2O3S/c1-2-3-7-6-10(7,11)9(13)12-16(14,15)8-4-5-8/h2-3,7-8H,4-6,11H2,1H3,(H,12,13). The lowest BCUT2D eigenvalue weighted by atomic mass is 10.2. The summed E-state index contributed by atoms with van der Waals surface area (Å²) in [5.74, 6) is -0.602. The molecule has 2 atom stereocenters. The SMILES string of the molecule is CC=CC1CC1(N)C(=O)NS(=O)(=O)C1CC1. The van der Waals surface area contributed by atoms with E-state index in [0.717, 1.165) is 0 Å². The van der Waals surface area contributed by atoms with Crippen molar-refractivity contribution in [3.63, 3.8) is 0 Å². The minimum absolute atomic E-state index is 0.0353. The lowest BCUT2D eigenvalue weighted by Gasteiger charge is -2.11.